The second kappa shape index (κ2) is 9.00. The first-order valence-corrected chi connectivity index (χ1v) is 13.8. The number of rotatable bonds is 4. The van der Waals surface area contributed by atoms with Crippen molar-refractivity contribution in [3.63, 3.8) is 0 Å². The van der Waals surface area contributed by atoms with Crippen molar-refractivity contribution < 1.29 is 9.15 Å². The molecule has 0 unspecified atom stereocenters. The van der Waals surface area contributed by atoms with Gasteiger partial charge in [-0.25, -0.2) is 15.0 Å². The Hall–Kier alpha value is -5.07. The third kappa shape index (κ3) is 3.73. The Morgan fingerprint density at radius 2 is 1.25 bits per heavy atom. The molecular weight excluding hydrogens is 514 g/mol. The molecule has 6 heteroatoms. The van der Waals surface area contributed by atoms with Gasteiger partial charge in [0.2, 0.25) is 17.5 Å². The summed E-state index contributed by atoms with van der Waals surface area (Å²) in [6.07, 6.45) is 0. The summed E-state index contributed by atoms with van der Waals surface area (Å²) in [6, 6.07) is 36.6. The van der Waals surface area contributed by atoms with Gasteiger partial charge in [0.05, 0.1) is 11.4 Å². The second-order valence-electron chi connectivity index (χ2n) is 9.69. The van der Waals surface area contributed by atoms with Crippen molar-refractivity contribution in [1.82, 2.24) is 15.0 Å². The van der Waals surface area contributed by atoms with Crippen LogP contribution in [0.2, 0.25) is 0 Å². The molecule has 0 aliphatic carbocycles. The number of aromatic nitrogens is 3. The molecule has 0 fully saturated rings. The molecule has 0 atom stereocenters. The molecule has 0 radical (unpaired) electrons. The molecule has 8 rings (SSSR count). The van der Waals surface area contributed by atoms with Crippen molar-refractivity contribution >= 4 is 53.6 Å². The van der Waals surface area contributed by atoms with E-state index in [1.165, 1.54) is 20.2 Å². The van der Waals surface area contributed by atoms with Gasteiger partial charge >= 0.3 is 0 Å². The summed E-state index contributed by atoms with van der Waals surface area (Å²) in [7, 11) is 0. The zero-order valence-electron chi connectivity index (χ0n) is 21.5. The number of hydrogen-bond donors (Lipinski definition) is 0. The average molecular weight is 536 g/mol. The molecule has 0 amide bonds. The van der Waals surface area contributed by atoms with Crippen LogP contribution in [0.15, 0.2) is 114 Å². The zero-order chi connectivity index (χ0) is 26.6. The monoisotopic (exact) mass is 535 g/mol. The topological polar surface area (TPSA) is 61.0 Å². The van der Waals surface area contributed by atoms with Crippen LogP contribution in [-0.4, -0.2) is 15.0 Å². The van der Waals surface area contributed by atoms with Crippen molar-refractivity contribution in [2.45, 2.75) is 6.92 Å². The van der Waals surface area contributed by atoms with Gasteiger partial charge in [0.15, 0.2) is 0 Å². The fourth-order valence-corrected chi connectivity index (χ4v) is 6.50. The number of benzene rings is 3. The van der Waals surface area contributed by atoms with E-state index in [-0.39, 0.29) is 0 Å². The molecule has 0 bridgehead atoms. The SMILES string of the molecule is Cc1ccc2c(n1)oc1c(-c3cccc(Oc4cccc(-c5cccc6c5sc5ccccc56)n4)n3)cccc12. The van der Waals surface area contributed by atoms with Crippen LogP contribution < -0.4 is 4.74 Å². The molecule has 0 aliphatic rings. The van der Waals surface area contributed by atoms with Crippen molar-refractivity contribution in [2.24, 2.45) is 0 Å². The Morgan fingerprint density at radius 1 is 0.575 bits per heavy atom. The van der Waals surface area contributed by atoms with Gasteiger partial charge in [0.1, 0.15) is 5.58 Å². The minimum atomic E-state index is 0.462. The fraction of sp³-hybridized carbons (Fsp3) is 0.0294. The van der Waals surface area contributed by atoms with Crippen LogP contribution in [0.1, 0.15) is 5.69 Å². The molecule has 0 aliphatic heterocycles. The van der Waals surface area contributed by atoms with Crippen LogP contribution in [0, 0.1) is 6.92 Å². The lowest BCUT2D eigenvalue weighted by molar-refractivity contribution is 0.446. The van der Waals surface area contributed by atoms with E-state index in [9.17, 15) is 0 Å². The standard InChI is InChI=1S/C34H21N3O2S/c1-20-18-19-24-22-9-4-11-25(32(22)39-34(24)35-20)27-13-6-16-30(36-27)38-31-17-7-14-28(37-31)26-12-5-10-23-21-8-2-3-15-29(21)40-33(23)26/h2-19H,1H3. The molecule has 5 heterocycles. The highest BCUT2D eigenvalue weighted by molar-refractivity contribution is 7.26. The van der Waals surface area contributed by atoms with Crippen molar-refractivity contribution in [3.8, 4) is 34.3 Å². The molecule has 0 saturated carbocycles. The lowest BCUT2D eigenvalue weighted by atomic mass is 10.1. The first kappa shape index (κ1) is 22.9. The van der Waals surface area contributed by atoms with Crippen molar-refractivity contribution in [1.29, 1.82) is 0 Å². The van der Waals surface area contributed by atoms with E-state index < -0.39 is 0 Å². The number of thiophene rings is 1. The number of furan rings is 1. The first-order valence-electron chi connectivity index (χ1n) is 13.0. The van der Waals surface area contributed by atoms with Crippen LogP contribution >= 0.6 is 11.3 Å². The van der Waals surface area contributed by atoms with Gasteiger partial charge in [-0.15, -0.1) is 11.3 Å². The van der Waals surface area contributed by atoms with E-state index in [2.05, 4.69) is 59.6 Å². The number of aryl methyl sites for hydroxylation is 1. The Labute approximate surface area is 233 Å². The smallest absolute Gasteiger partial charge is 0.227 e. The summed E-state index contributed by atoms with van der Waals surface area (Å²) >= 11 is 1.79. The Kier molecular flexibility index (Phi) is 5.15. The lowest BCUT2D eigenvalue weighted by Crippen LogP contribution is -1.93. The van der Waals surface area contributed by atoms with Crippen LogP contribution in [0.25, 0.3) is 64.8 Å². The molecule has 0 spiro atoms. The second-order valence-corrected chi connectivity index (χ2v) is 10.7. The van der Waals surface area contributed by atoms with Crippen LogP contribution in [-0.2, 0) is 0 Å². The summed E-state index contributed by atoms with van der Waals surface area (Å²) < 4.78 is 14.9. The van der Waals surface area contributed by atoms with Crippen LogP contribution in [0.3, 0.4) is 0 Å². The van der Waals surface area contributed by atoms with E-state index in [1.54, 1.807) is 11.3 Å². The van der Waals surface area contributed by atoms with Gasteiger partial charge in [-0.05, 0) is 43.3 Å². The summed E-state index contributed by atoms with van der Waals surface area (Å²) in [6.45, 7) is 1.96. The third-order valence-corrected chi connectivity index (χ3v) is 8.34. The summed E-state index contributed by atoms with van der Waals surface area (Å²) in [5.74, 6) is 0.950. The van der Waals surface area contributed by atoms with E-state index in [0.29, 0.717) is 17.5 Å². The van der Waals surface area contributed by atoms with Crippen molar-refractivity contribution in [3.05, 3.63) is 115 Å². The van der Waals surface area contributed by atoms with Crippen LogP contribution in [0.5, 0.6) is 11.8 Å². The van der Waals surface area contributed by atoms with Crippen molar-refractivity contribution in [2.75, 3.05) is 0 Å². The van der Waals surface area contributed by atoms with Gasteiger partial charge in [-0.2, -0.15) is 0 Å². The largest absolute Gasteiger partial charge is 0.437 e. The van der Waals surface area contributed by atoms with Gasteiger partial charge in [0.25, 0.3) is 0 Å². The zero-order valence-corrected chi connectivity index (χ0v) is 22.3. The lowest BCUT2D eigenvalue weighted by Gasteiger charge is -2.09. The molecular formula is C34H21N3O2S. The first-order chi connectivity index (χ1) is 19.7. The molecule has 0 saturated heterocycles. The number of hydrogen-bond acceptors (Lipinski definition) is 6. The molecule has 8 aromatic rings. The van der Waals surface area contributed by atoms with Gasteiger partial charge < -0.3 is 9.15 Å². The number of para-hydroxylation sites is 1. The maximum atomic E-state index is 6.20. The molecule has 5 aromatic heterocycles. The number of ether oxygens (including phenoxy) is 1. The van der Waals surface area contributed by atoms with E-state index in [0.717, 1.165) is 44.6 Å². The highest BCUT2D eigenvalue weighted by Crippen LogP contribution is 2.40. The van der Waals surface area contributed by atoms with Crippen LogP contribution in [0.4, 0.5) is 0 Å². The minimum Gasteiger partial charge on any atom is -0.437 e. The summed E-state index contributed by atoms with van der Waals surface area (Å²) in [5, 5.41) is 4.51. The Morgan fingerprint density at radius 3 is 2.08 bits per heavy atom. The van der Waals surface area contributed by atoms with Gasteiger partial charge in [-0.1, -0.05) is 60.7 Å². The van der Waals surface area contributed by atoms with E-state index in [4.69, 9.17) is 19.1 Å². The maximum Gasteiger partial charge on any atom is 0.227 e. The predicted molar refractivity (Wildman–Crippen MR) is 162 cm³/mol. The van der Waals surface area contributed by atoms with E-state index >= 15 is 0 Å². The number of pyridine rings is 3. The quantitative estimate of drug-likeness (QED) is 0.225. The minimum absolute atomic E-state index is 0.462. The normalized spacial score (nSPS) is 11.6. The maximum absolute atomic E-state index is 6.20. The summed E-state index contributed by atoms with van der Waals surface area (Å²) in [4.78, 5) is 14.2. The molecule has 190 valence electrons. The number of fused-ring (bicyclic) bond motifs is 6. The predicted octanol–water partition coefficient (Wildman–Crippen LogP) is 9.57. The molecule has 40 heavy (non-hydrogen) atoms. The Balaban J connectivity index is 1.17. The number of nitrogens with zero attached hydrogens (tertiary/aromatic N) is 3. The molecule has 0 N–H and O–H groups in total. The average Bonchev–Trinajstić information content (AvgIpc) is 3.55. The van der Waals surface area contributed by atoms with Gasteiger partial charge in [0, 0.05) is 59.9 Å². The highest BCUT2D eigenvalue weighted by Gasteiger charge is 2.15. The summed E-state index contributed by atoms with van der Waals surface area (Å²) in [5.41, 5.74) is 5.90. The van der Waals surface area contributed by atoms with Gasteiger partial charge in [-0.3, -0.25) is 0 Å². The third-order valence-electron chi connectivity index (χ3n) is 7.12. The van der Waals surface area contributed by atoms with E-state index in [1.807, 2.05) is 61.5 Å². The fourth-order valence-electron chi connectivity index (χ4n) is 5.27. The Bertz CT molecular complexity index is 2230. The highest BCUT2D eigenvalue weighted by atomic mass is 32.1. The molecule has 3 aromatic carbocycles. The molecule has 5 nitrogen and oxygen atoms in total.